The van der Waals surface area contributed by atoms with Gasteiger partial charge in [-0.2, -0.15) is 5.26 Å². The van der Waals surface area contributed by atoms with E-state index in [1.807, 2.05) is 18.2 Å². The van der Waals surface area contributed by atoms with Gasteiger partial charge in [-0.15, -0.1) is 0 Å². The lowest BCUT2D eigenvalue weighted by Gasteiger charge is -2.09. The molecule has 136 valence electrons. The number of nitriles is 1. The van der Waals surface area contributed by atoms with Crippen molar-refractivity contribution < 1.29 is 19.4 Å². The number of allylic oxidation sites excluding steroid dienone is 1. The molecular formula is C19H14ClN3O4. The van der Waals surface area contributed by atoms with E-state index in [1.165, 1.54) is 19.2 Å². The summed E-state index contributed by atoms with van der Waals surface area (Å²) in [6.07, 6.45) is 0. The van der Waals surface area contributed by atoms with Crippen LogP contribution < -0.4 is 4.74 Å². The number of ether oxygens (including phenoxy) is 2. The number of carbonyl (C=O) groups excluding carboxylic acids is 1. The summed E-state index contributed by atoms with van der Waals surface area (Å²) in [4.78, 5) is 19.5. The van der Waals surface area contributed by atoms with Crippen LogP contribution in [0.15, 0.2) is 48.2 Å². The number of halogens is 1. The first-order valence-corrected chi connectivity index (χ1v) is 8.19. The second-order valence-electron chi connectivity index (χ2n) is 5.46. The van der Waals surface area contributed by atoms with Gasteiger partial charge < -0.3 is 19.6 Å². The van der Waals surface area contributed by atoms with Crippen molar-refractivity contribution in [3.8, 4) is 11.8 Å². The molecule has 0 atom stereocenters. The van der Waals surface area contributed by atoms with Crippen LogP contribution in [0.5, 0.6) is 5.75 Å². The predicted octanol–water partition coefficient (Wildman–Crippen LogP) is 3.87. The Kier molecular flexibility index (Phi) is 5.29. The van der Waals surface area contributed by atoms with Gasteiger partial charge in [0.1, 0.15) is 29.6 Å². The third-order valence-corrected chi connectivity index (χ3v) is 3.98. The van der Waals surface area contributed by atoms with Gasteiger partial charge in [-0.3, -0.25) is 0 Å². The van der Waals surface area contributed by atoms with Gasteiger partial charge in [0.15, 0.2) is 11.6 Å². The second-order valence-corrected chi connectivity index (χ2v) is 5.89. The molecule has 0 amide bonds. The van der Waals surface area contributed by atoms with Gasteiger partial charge in [0.25, 0.3) is 0 Å². The highest BCUT2D eigenvalue weighted by Gasteiger charge is 2.18. The largest absolute Gasteiger partial charge is 0.507 e. The molecule has 8 heteroatoms. The van der Waals surface area contributed by atoms with Crippen LogP contribution in [0.2, 0.25) is 5.02 Å². The van der Waals surface area contributed by atoms with Crippen molar-refractivity contribution in [3.05, 3.63) is 64.6 Å². The molecule has 1 aromatic heterocycles. The van der Waals surface area contributed by atoms with E-state index in [9.17, 15) is 15.2 Å². The van der Waals surface area contributed by atoms with Crippen molar-refractivity contribution in [2.24, 2.45) is 0 Å². The third-order valence-electron chi connectivity index (χ3n) is 3.75. The molecular weight excluding hydrogens is 370 g/mol. The lowest BCUT2D eigenvalue weighted by Crippen LogP contribution is -2.10. The summed E-state index contributed by atoms with van der Waals surface area (Å²) in [6, 6.07) is 13.6. The Bertz CT molecular complexity index is 1050. The number of fused-ring (bicyclic) bond motifs is 1. The Morgan fingerprint density at radius 2 is 2.11 bits per heavy atom. The Hall–Kier alpha value is -3.50. The van der Waals surface area contributed by atoms with Crippen molar-refractivity contribution in [1.29, 1.82) is 5.26 Å². The maximum absolute atomic E-state index is 12.3. The van der Waals surface area contributed by atoms with Crippen molar-refractivity contribution in [1.82, 2.24) is 9.97 Å². The molecule has 2 aromatic carbocycles. The monoisotopic (exact) mass is 383 g/mol. The number of aliphatic hydroxyl groups is 1. The van der Waals surface area contributed by atoms with E-state index in [0.29, 0.717) is 16.1 Å². The predicted molar refractivity (Wildman–Crippen MR) is 99.5 cm³/mol. The Morgan fingerprint density at radius 1 is 1.33 bits per heavy atom. The lowest BCUT2D eigenvalue weighted by molar-refractivity contribution is 0.0499. The van der Waals surface area contributed by atoms with Crippen LogP contribution in [0.1, 0.15) is 16.2 Å². The summed E-state index contributed by atoms with van der Waals surface area (Å²) in [6.45, 7) is -0.506. The molecule has 0 aliphatic rings. The summed E-state index contributed by atoms with van der Waals surface area (Å²) in [7, 11) is 1.41. The molecule has 0 fully saturated rings. The number of nitrogens with one attached hydrogen (secondary N) is 1. The van der Waals surface area contributed by atoms with Crippen LogP contribution in [0.25, 0.3) is 16.6 Å². The minimum Gasteiger partial charge on any atom is -0.507 e. The normalized spacial score (nSPS) is 11.6. The molecule has 0 aliphatic carbocycles. The van der Waals surface area contributed by atoms with Gasteiger partial charge >= 0.3 is 5.97 Å². The maximum atomic E-state index is 12.3. The number of H-pyrrole nitrogens is 1. The quantitative estimate of drug-likeness (QED) is 0.393. The van der Waals surface area contributed by atoms with Crippen LogP contribution in [-0.4, -0.2) is 34.8 Å². The number of nitrogens with zero attached hydrogens (tertiary/aromatic N) is 2. The van der Waals surface area contributed by atoms with E-state index in [0.717, 1.165) is 0 Å². The molecule has 1 heterocycles. The number of rotatable bonds is 5. The van der Waals surface area contributed by atoms with E-state index in [-0.39, 0.29) is 22.7 Å². The first-order chi connectivity index (χ1) is 13.0. The van der Waals surface area contributed by atoms with E-state index in [2.05, 4.69) is 9.97 Å². The number of imidazole rings is 1. The molecule has 3 rings (SSSR count). The minimum absolute atomic E-state index is 0.111. The maximum Gasteiger partial charge on any atom is 0.342 e. The SMILES string of the molecule is COc1ccc(Cl)cc1C(=O)OCC(O)=C(C#N)c1nc2ccccc2[nH]1. The van der Waals surface area contributed by atoms with Crippen molar-refractivity contribution in [3.63, 3.8) is 0 Å². The highest BCUT2D eigenvalue weighted by Crippen LogP contribution is 2.24. The van der Waals surface area contributed by atoms with Gasteiger partial charge in [-0.25, -0.2) is 9.78 Å². The molecule has 27 heavy (non-hydrogen) atoms. The molecule has 0 saturated heterocycles. The molecule has 7 nitrogen and oxygen atoms in total. The number of carbonyl (C=O) groups is 1. The van der Waals surface area contributed by atoms with Crippen molar-refractivity contribution in [2.75, 3.05) is 13.7 Å². The van der Waals surface area contributed by atoms with Crippen LogP contribution >= 0.6 is 11.6 Å². The van der Waals surface area contributed by atoms with Gasteiger partial charge in [-0.05, 0) is 30.3 Å². The van der Waals surface area contributed by atoms with E-state index >= 15 is 0 Å². The highest BCUT2D eigenvalue weighted by atomic mass is 35.5. The number of esters is 1. The summed E-state index contributed by atoms with van der Waals surface area (Å²) >= 11 is 5.89. The Labute approximate surface area is 159 Å². The Morgan fingerprint density at radius 3 is 2.81 bits per heavy atom. The van der Waals surface area contributed by atoms with E-state index in [4.69, 9.17) is 21.1 Å². The van der Waals surface area contributed by atoms with E-state index in [1.54, 1.807) is 18.2 Å². The van der Waals surface area contributed by atoms with Gasteiger partial charge in [-0.1, -0.05) is 23.7 Å². The summed E-state index contributed by atoms with van der Waals surface area (Å²) in [5.74, 6) is -0.702. The average Bonchev–Trinajstić information content (AvgIpc) is 3.10. The summed E-state index contributed by atoms with van der Waals surface area (Å²) in [5, 5.41) is 19.9. The molecule has 2 N–H and O–H groups in total. The Balaban J connectivity index is 1.82. The lowest BCUT2D eigenvalue weighted by atomic mass is 10.2. The van der Waals surface area contributed by atoms with Crippen LogP contribution in [-0.2, 0) is 4.74 Å². The number of hydrogen-bond donors (Lipinski definition) is 2. The first kappa shape index (κ1) is 18.3. The highest BCUT2D eigenvalue weighted by molar-refractivity contribution is 6.31. The molecule has 0 bridgehead atoms. The molecule has 3 aromatic rings. The molecule has 0 unspecified atom stereocenters. The summed E-state index contributed by atoms with van der Waals surface area (Å²) < 4.78 is 10.2. The number of aromatic amines is 1. The second kappa shape index (κ2) is 7.81. The number of para-hydroxylation sites is 2. The average molecular weight is 384 g/mol. The van der Waals surface area contributed by atoms with Crippen LogP contribution in [0.4, 0.5) is 0 Å². The number of aromatic nitrogens is 2. The smallest absolute Gasteiger partial charge is 0.342 e. The van der Waals surface area contributed by atoms with E-state index < -0.39 is 18.3 Å². The standard InChI is InChI=1S/C19H14ClN3O4/c1-26-17-7-6-11(20)8-12(17)19(25)27-10-16(24)13(9-21)18-22-14-4-2-3-5-15(14)23-18/h2-8,24H,10H2,1H3,(H,22,23). The zero-order valence-electron chi connectivity index (χ0n) is 14.2. The summed E-state index contributed by atoms with van der Waals surface area (Å²) in [5.41, 5.74) is 1.36. The zero-order valence-corrected chi connectivity index (χ0v) is 14.9. The fourth-order valence-electron chi connectivity index (χ4n) is 2.45. The number of hydrogen-bond acceptors (Lipinski definition) is 6. The molecule has 0 saturated carbocycles. The molecule has 0 radical (unpaired) electrons. The minimum atomic E-state index is -0.747. The van der Waals surface area contributed by atoms with Crippen LogP contribution in [0.3, 0.4) is 0 Å². The van der Waals surface area contributed by atoms with Crippen molar-refractivity contribution >= 4 is 34.2 Å². The van der Waals surface area contributed by atoms with Gasteiger partial charge in [0, 0.05) is 5.02 Å². The first-order valence-electron chi connectivity index (χ1n) is 7.81. The number of aliphatic hydroxyl groups excluding tert-OH is 1. The van der Waals surface area contributed by atoms with Crippen LogP contribution in [0, 0.1) is 11.3 Å². The van der Waals surface area contributed by atoms with Gasteiger partial charge in [0.2, 0.25) is 0 Å². The fraction of sp³-hybridized carbons (Fsp3) is 0.105. The molecule has 0 aliphatic heterocycles. The van der Waals surface area contributed by atoms with Gasteiger partial charge in [0.05, 0.1) is 18.1 Å². The molecule has 0 spiro atoms. The van der Waals surface area contributed by atoms with Crippen molar-refractivity contribution in [2.45, 2.75) is 0 Å². The zero-order chi connectivity index (χ0) is 19.4. The number of benzene rings is 2. The number of methoxy groups -OCH3 is 1. The topological polar surface area (TPSA) is 108 Å². The fourth-order valence-corrected chi connectivity index (χ4v) is 2.62. The third kappa shape index (κ3) is 3.86.